The van der Waals surface area contributed by atoms with Gasteiger partial charge in [0.2, 0.25) is 0 Å². The van der Waals surface area contributed by atoms with E-state index in [-0.39, 0.29) is 0 Å². The molecule has 0 atom stereocenters. The normalized spacial score (nSPS) is 14.5. The van der Waals surface area contributed by atoms with Crippen molar-refractivity contribution in [3.05, 3.63) is 71.6 Å². The van der Waals surface area contributed by atoms with E-state index < -0.39 is 0 Å². The lowest BCUT2D eigenvalue weighted by atomic mass is 10.1. The summed E-state index contributed by atoms with van der Waals surface area (Å²) in [5.74, 6) is 7.03. The smallest absolute Gasteiger partial charge is 0.164 e. The minimum Gasteiger partial charge on any atom is -0.383 e. The number of piperazine rings is 1. The highest BCUT2D eigenvalue weighted by Crippen LogP contribution is 2.32. The quantitative estimate of drug-likeness (QED) is 0.283. The first-order valence-electron chi connectivity index (χ1n) is 13.8. The standard InChI is InChI=1S/C31H33ClN8O/c1-41-19-18-38-16-14-37(15-17-38)11-4-5-12-40-31-28(30(33)34-22-35-31)29(36-40)24-8-9-27-23(20-24)10-13-39(27)21-25-6-2-3-7-26(25)32/h2-3,6-10,13,20,22H,11-12,14-19,21H2,1H3,(H2,33,34,35). The Bertz CT molecular complexity index is 1720. The molecule has 9 nitrogen and oxygen atoms in total. The van der Waals surface area contributed by atoms with Crippen LogP contribution >= 0.6 is 11.6 Å². The van der Waals surface area contributed by atoms with Crippen molar-refractivity contribution in [2.75, 3.05) is 58.7 Å². The van der Waals surface area contributed by atoms with Crippen LogP contribution in [0.4, 0.5) is 5.82 Å². The number of anilines is 1. The van der Waals surface area contributed by atoms with Crippen LogP contribution in [0.15, 0.2) is 61.1 Å². The molecule has 41 heavy (non-hydrogen) atoms. The van der Waals surface area contributed by atoms with Crippen LogP contribution < -0.4 is 5.73 Å². The fourth-order valence-corrected chi connectivity index (χ4v) is 5.52. The second kappa shape index (κ2) is 12.3. The van der Waals surface area contributed by atoms with Crippen molar-refractivity contribution < 1.29 is 4.74 Å². The van der Waals surface area contributed by atoms with E-state index in [9.17, 15) is 0 Å². The minimum atomic E-state index is 0.409. The predicted molar refractivity (Wildman–Crippen MR) is 164 cm³/mol. The maximum absolute atomic E-state index is 6.41. The molecule has 0 radical (unpaired) electrons. The molecule has 0 amide bonds. The molecule has 10 heteroatoms. The molecule has 2 aromatic carbocycles. The largest absolute Gasteiger partial charge is 0.383 e. The summed E-state index contributed by atoms with van der Waals surface area (Å²) in [4.78, 5) is 13.6. The SMILES string of the molecule is COCCN1CCN(CC#CCn2nc(-c3ccc4c(ccn4Cc4ccccc4Cl)c3)c3c(N)ncnc32)CC1. The summed E-state index contributed by atoms with van der Waals surface area (Å²) >= 11 is 6.41. The molecule has 1 aliphatic rings. The highest BCUT2D eigenvalue weighted by molar-refractivity contribution is 6.31. The van der Waals surface area contributed by atoms with Gasteiger partial charge in [-0.1, -0.05) is 47.7 Å². The zero-order valence-electron chi connectivity index (χ0n) is 23.1. The van der Waals surface area contributed by atoms with E-state index in [1.165, 1.54) is 6.33 Å². The zero-order valence-corrected chi connectivity index (χ0v) is 23.9. The fraction of sp³-hybridized carbons (Fsp3) is 0.323. The highest BCUT2D eigenvalue weighted by atomic mass is 35.5. The van der Waals surface area contributed by atoms with Crippen molar-refractivity contribution in [3.63, 3.8) is 0 Å². The lowest BCUT2D eigenvalue weighted by Crippen LogP contribution is -2.47. The molecule has 4 heterocycles. The van der Waals surface area contributed by atoms with Crippen molar-refractivity contribution in [1.29, 1.82) is 0 Å². The summed E-state index contributed by atoms with van der Waals surface area (Å²) in [5.41, 5.74) is 10.9. The Kier molecular flexibility index (Phi) is 8.16. The van der Waals surface area contributed by atoms with Gasteiger partial charge in [-0.25, -0.2) is 14.6 Å². The van der Waals surface area contributed by atoms with Crippen LogP contribution in [0.1, 0.15) is 5.56 Å². The summed E-state index contributed by atoms with van der Waals surface area (Å²) in [6.07, 6.45) is 3.56. The number of methoxy groups -OCH3 is 1. The van der Waals surface area contributed by atoms with Gasteiger partial charge in [0.05, 0.1) is 18.5 Å². The van der Waals surface area contributed by atoms with Crippen LogP contribution in [0.3, 0.4) is 0 Å². The van der Waals surface area contributed by atoms with Gasteiger partial charge in [0.25, 0.3) is 0 Å². The van der Waals surface area contributed by atoms with Gasteiger partial charge in [-0.05, 0) is 29.8 Å². The van der Waals surface area contributed by atoms with Crippen LogP contribution in [0.25, 0.3) is 33.2 Å². The van der Waals surface area contributed by atoms with E-state index in [1.807, 2.05) is 22.9 Å². The highest BCUT2D eigenvalue weighted by Gasteiger charge is 2.18. The van der Waals surface area contributed by atoms with Gasteiger partial charge in [-0.2, -0.15) is 5.10 Å². The van der Waals surface area contributed by atoms with Gasteiger partial charge in [0.1, 0.15) is 24.4 Å². The molecule has 1 fully saturated rings. The molecular weight excluding hydrogens is 536 g/mol. The number of nitrogens with two attached hydrogens (primary N) is 1. The van der Waals surface area contributed by atoms with E-state index in [4.69, 9.17) is 27.2 Å². The summed E-state index contributed by atoms with van der Waals surface area (Å²) in [6.45, 7) is 7.74. The molecule has 5 aromatic rings. The van der Waals surface area contributed by atoms with Crippen molar-refractivity contribution in [1.82, 2.24) is 34.1 Å². The Labute approximate surface area is 244 Å². The average Bonchev–Trinajstić information content (AvgIpc) is 3.58. The Morgan fingerprint density at radius 1 is 0.976 bits per heavy atom. The van der Waals surface area contributed by atoms with Crippen LogP contribution in [0.5, 0.6) is 0 Å². The van der Waals surface area contributed by atoms with E-state index in [2.05, 4.69) is 72.7 Å². The topological polar surface area (TPSA) is 90.3 Å². The lowest BCUT2D eigenvalue weighted by Gasteiger charge is -2.33. The number of hydrogen-bond acceptors (Lipinski definition) is 7. The molecule has 1 aliphatic heterocycles. The Balaban J connectivity index is 1.20. The van der Waals surface area contributed by atoms with Gasteiger partial charge >= 0.3 is 0 Å². The first kappa shape index (κ1) is 27.2. The number of rotatable bonds is 8. The number of halogens is 1. The molecule has 3 aromatic heterocycles. The predicted octanol–water partition coefficient (Wildman–Crippen LogP) is 4.00. The monoisotopic (exact) mass is 568 g/mol. The number of nitrogen functional groups attached to an aromatic ring is 1. The third-order valence-electron chi connectivity index (χ3n) is 7.63. The van der Waals surface area contributed by atoms with E-state index >= 15 is 0 Å². The summed E-state index contributed by atoms with van der Waals surface area (Å²) in [7, 11) is 1.75. The summed E-state index contributed by atoms with van der Waals surface area (Å²) in [5, 5.41) is 7.53. The summed E-state index contributed by atoms with van der Waals surface area (Å²) < 4.78 is 9.22. The van der Waals surface area contributed by atoms with Gasteiger partial charge in [0, 0.05) is 74.1 Å². The van der Waals surface area contributed by atoms with E-state index in [1.54, 1.807) is 7.11 Å². The molecule has 2 N–H and O–H groups in total. The Morgan fingerprint density at radius 3 is 2.61 bits per heavy atom. The average molecular weight is 569 g/mol. The second-order valence-corrected chi connectivity index (χ2v) is 10.6. The number of benzene rings is 2. The van der Waals surface area contributed by atoms with Gasteiger partial charge < -0.3 is 15.0 Å². The van der Waals surface area contributed by atoms with Crippen molar-refractivity contribution in [2.45, 2.75) is 13.1 Å². The number of nitrogens with zero attached hydrogens (tertiary/aromatic N) is 7. The molecule has 0 saturated carbocycles. The first-order valence-corrected chi connectivity index (χ1v) is 14.2. The summed E-state index contributed by atoms with van der Waals surface area (Å²) in [6, 6.07) is 16.4. The van der Waals surface area contributed by atoms with Crippen molar-refractivity contribution >= 4 is 39.4 Å². The molecule has 0 aliphatic carbocycles. The molecule has 0 unspecified atom stereocenters. The van der Waals surface area contributed by atoms with Crippen LogP contribution in [-0.2, 0) is 17.8 Å². The molecule has 0 spiro atoms. The van der Waals surface area contributed by atoms with Gasteiger partial charge in [0.15, 0.2) is 5.65 Å². The van der Waals surface area contributed by atoms with Crippen molar-refractivity contribution in [3.8, 4) is 23.1 Å². The number of hydrogen-bond donors (Lipinski definition) is 1. The molecule has 1 saturated heterocycles. The van der Waals surface area contributed by atoms with Crippen LogP contribution in [0.2, 0.25) is 5.02 Å². The third kappa shape index (κ3) is 5.92. The van der Waals surface area contributed by atoms with Gasteiger partial charge in [-0.3, -0.25) is 9.80 Å². The lowest BCUT2D eigenvalue weighted by molar-refractivity contribution is 0.103. The van der Waals surface area contributed by atoms with Crippen LogP contribution in [-0.4, -0.2) is 87.1 Å². The third-order valence-corrected chi connectivity index (χ3v) is 8.00. The zero-order chi connectivity index (χ0) is 28.2. The fourth-order valence-electron chi connectivity index (χ4n) is 5.33. The van der Waals surface area contributed by atoms with Gasteiger partial charge in [-0.15, -0.1) is 0 Å². The van der Waals surface area contributed by atoms with E-state index in [0.717, 1.165) is 84.0 Å². The van der Waals surface area contributed by atoms with Crippen molar-refractivity contribution in [2.24, 2.45) is 0 Å². The molecular formula is C31H33ClN8O. The number of ether oxygens (including phenoxy) is 1. The molecule has 6 rings (SSSR count). The molecule has 0 bridgehead atoms. The molecule has 210 valence electrons. The van der Waals surface area contributed by atoms with E-state index in [0.29, 0.717) is 24.6 Å². The maximum atomic E-state index is 6.41. The number of aromatic nitrogens is 5. The first-order chi connectivity index (χ1) is 20.1. The Hall–Kier alpha value is -3.94. The number of fused-ring (bicyclic) bond motifs is 2. The minimum absolute atomic E-state index is 0.409. The maximum Gasteiger partial charge on any atom is 0.164 e. The van der Waals surface area contributed by atoms with Crippen LogP contribution in [0, 0.1) is 11.8 Å². The second-order valence-electron chi connectivity index (χ2n) is 10.2. The Morgan fingerprint density at radius 2 is 1.78 bits per heavy atom.